The molecular weight excluding hydrogens is 1240 g/mol. The van der Waals surface area contributed by atoms with Crippen molar-refractivity contribution >= 4 is 0 Å². The highest BCUT2D eigenvalue weighted by atomic mass is 16.7. The standard InChI is InChI=1S/C17H28O8.C14H24O6.C12H20O6.C11H20O5.C9H16O5/c1(13-5-22-13)18-9-17(10-19-2-14-6-23-14,11-20-3-15-7-24-15)12-21-4-16-8-25-16;1-2-14(20-8-13-7-19-13,9-15-3-11-5-17-11)10-16-4-12-6-18-12;1(13-3-10-5-16-10)9(15-7-12-8-18-12)2-14-4-11-6-17-11;1-2-11(12,7-13-3-9-5-15-9)8-14-4-10-6-16-10;10-7(1-11-3-8-5-13-8)2-12-4-9-6-14-9/h13-16H,1-12H2;11-13H,2-10H2,1H3;9-12H,1-8H2;9-10,12H,2-8H2,1H3;7-10H,1-6H2. The van der Waals surface area contributed by atoms with Gasteiger partial charge in [-0.05, 0) is 12.8 Å². The summed E-state index contributed by atoms with van der Waals surface area (Å²) in [6.07, 6.45) is 4.45. The van der Waals surface area contributed by atoms with Gasteiger partial charge in [0.25, 0.3) is 0 Å². The second-order valence-electron chi connectivity index (χ2n) is 26.2. The molecule has 14 fully saturated rings. The van der Waals surface area contributed by atoms with Gasteiger partial charge in [0, 0.05) is 0 Å². The monoisotopic (exact) mass is 1340 g/mol. The van der Waals surface area contributed by atoms with Gasteiger partial charge in [0.2, 0.25) is 0 Å². The Kier molecular flexibility index (Phi) is 32.3. The Balaban J connectivity index is 0.000000129. The summed E-state index contributed by atoms with van der Waals surface area (Å²) in [6.45, 7) is 29.0. The third-order valence-corrected chi connectivity index (χ3v) is 16.0. The number of aliphatic hydroxyl groups is 2. The summed E-state index contributed by atoms with van der Waals surface area (Å²) in [7, 11) is 0. The summed E-state index contributed by atoms with van der Waals surface area (Å²) in [5, 5.41) is 19.5. The van der Waals surface area contributed by atoms with E-state index in [2.05, 4.69) is 6.92 Å². The van der Waals surface area contributed by atoms with Crippen LogP contribution in [0.15, 0.2) is 0 Å². The first kappa shape index (κ1) is 74.5. The number of ether oxygens (including phenoxy) is 28. The van der Waals surface area contributed by atoms with E-state index in [0.717, 1.165) is 98.9 Å². The van der Waals surface area contributed by atoms with Gasteiger partial charge in [-0.25, -0.2) is 0 Å². The van der Waals surface area contributed by atoms with Gasteiger partial charge in [-0.1, -0.05) is 13.8 Å². The van der Waals surface area contributed by atoms with Crippen molar-refractivity contribution in [1.29, 1.82) is 0 Å². The van der Waals surface area contributed by atoms with Crippen molar-refractivity contribution in [2.75, 3.05) is 264 Å². The highest BCUT2D eigenvalue weighted by Crippen LogP contribution is 2.27. The SMILES string of the molecule is C(OCC(COCC1CO1)(COCC1CO1)COCC1CO1)C1CO1.C(OCC1CO1)C(COCC1CO1)OCC1CO1.CCC(COCC1CO1)(COCC1CO1)OCC1CO1.CCC(O)(COCC1CO1)COCC1CO1.OC(COCC1CO1)COCC1CO1. The molecule has 540 valence electrons. The van der Waals surface area contributed by atoms with E-state index in [-0.39, 0.29) is 97.0 Å². The van der Waals surface area contributed by atoms with E-state index in [1.807, 2.05) is 6.92 Å². The van der Waals surface area contributed by atoms with Gasteiger partial charge >= 0.3 is 0 Å². The van der Waals surface area contributed by atoms with Crippen molar-refractivity contribution in [2.24, 2.45) is 5.41 Å². The summed E-state index contributed by atoms with van der Waals surface area (Å²) in [5.41, 5.74) is -1.63. The highest BCUT2D eigenvalue weighted by molar-refractivity contribution is 4.86. The van der Waals surface area contributed by atoms with E-state index in [4.69, 9.17) is 133 Å². The molecule has 2 N–H and O–H groups in total. The maximum absolute atomic E-state index is 10.2. The Morgan fingerprint density at radius 1 is 0.290 bits per heavy atom. The summed E-state index contributed by atoms with van der Waals surface area (Å²) < 4.78 is 151. The van der Waals surface area contributed by atoms with Crippen molar-refractivity contribution in [3.05, 3.63) is 0 Å². The molecule has 0 radical (unpaired) electrons. The van der Waals surface area contributed by atoms with Crippen LogP contribution in [0.2, 0.25) is 0 Å². The van der Waals surface area contributed by atoms with E-state index in [9.17, 15) is 10.2 Å². The maximum Gasteiger partial charge on any atom is 0.114 e. The Labute approximate surface area is 546 Å². The van der Waals surface area contributed by atoms with Gasteiger partial charge in [-0.2, -0.15) is 0 Å². The lowest BCUT2D eigenvalue weighted by molar-refractivity contribution is -0.142. The second-order valence-corrected chi connectivity index (χ2v) is 26.2. The second kappa shape index (κ2) is 40.3. The third kappa shape index (κ3) is 37.7. The van der Waals surface area contributed by atoms with E-state index in [0.29, 0.717) is 178 Å². The third-order valence-electron chi connectivity index (χ3n) is 16.0. The first-order valence-corrected chi connectivity index (χ1v) is 33.8. The van der Waals surface area contributed by atoms with Crippen molar-refractivity contribution in [3.8, 4) is 0 Å². The lowest BCUT2D eigenvalue weighted by atomic mass is 9.92. The molecule has 30 nitrogen and oxygen atoms in total. The summed E-state index contributed by atoms with van der Waals surface area (Å²) in [5.74, 6) is 0. The van der Waals surface area contributed by atoms with Gasteiger partial charge in [-0.3, -0.25) is 0 Å². The minimum Gasteiger partial charge on any atom is -0.388 e. The average Bonchev–Trinajstić information content (AvgIpc) is 2.07. The normalized spacial score (nSPS) is 33.3. The van der Waals surface area contributed by atoms with Gasteiger partial charge < -0.3 is 143 Å². The van der Waals surface area contributed by atoms with Gasteiger partial charge in [0.05, 0.1) is 270 Å². The Morgan fingerprint density at radius 3 is 0.774 bits per heavy atom. The Bertz CT molecular complexity index is 1800. The zero-order valence-corrected chi connectivity index (χ0v) is 54.8. The molecule has 14 unspecified atom stereocenters. The van der Waals surface area contributed by atoms with Gasteiger partial charge in [0.1, 0.15) is 109 Å². The molecular formula is C63H108O30. The average molecular weight is 1350 g/mol. The molecule has 0 saturated carbocycles. The molecule has 14 saturated heterocycles. The molecule has 0 amide bonds. The van der Waals surface area contributed by atoms with E-state index in [1.54, 1.807) is 0 Å². The fourth-order valence-corrected chi connectivity index (χ4v) is 8.41. The predicted molar refractivity (Wildman–Crippen MR) is 319 cm³/mol. The molecule has 14 rings (SSSR count). The minimum atomic E-state index is -0.885. The summed E-state index contributed by atoms with van der Waals surface area (Å²) in [4.78, 5) is 0. The predicted octanol–water partition coefficient (Wildman–Crippen LogP) is -1.25. The van der Waals surface area contributed by atoms with Crippen LogP contribution >= 0.6 is 0 Å². The van der Waals surface area contributed by atoms with Crippen LogP contribution in [0.3, 0.4) is 0 Å². The molecule has 14 aliphatic rings. The van der Waals surface area contributed by atoms with Crippen molar-refractivity contribution < 1.29 is 143 Å². The molecule has 93 heavy (non-hydrogen) atoms. The van der Waals surface area contributed by atoms with Crippen LogP contribution in [0.25, 0.3) is 0 Å². The van der Waals surface area contributed by atoms with Gasteiger partial charge in [0.15, 0.2) is 0 Å². The van der Waals surface area contributed by atoms with E-state index < -0.39 is 17.3 Å². The van der Waals surface area contributed by atoms with Gasteiger partial charge in [-0.15, -0.1) is 0 Å². The number of aliphatic hydroxyl groups excluding tert-OH is 1. The van der Waals surface area contributed by atoms with Crippen LogP contribution in [-0.4, -0.2) is 383 Å². The summed E-state index contributed by atoms with van der Waals surface area (Å²) >= 11 is 0. The Hall–Kier alpha value is -1.20. The first-order valence-electron chi connectivity index (χ1n) is 33.8. The molecule has 14 aliphatic heterocycles. The molecule has 0 aromatic heterocycles. The van der Waals surface area contributed by atoms with Crippen molar-refractivity contribution in [2.45, 2.75) is 136 Å². The Morgan fingerprint density at radius 2 is 0.516 bits per heavy atom. The largest absolute Gasteiger partial charge is 0.388 e. The molecule has 0 aromatic carbocycles. The van der Waals surface area contributed by atoms with Crippen LogP contribution in [0.4, 0.5) is 0 Å². The molecule has 0 aromatic rings. The zero-order chi connectivity index (χ0) is 64.2. The molecule has 14 heterocycles. The molecule has 14 atom stereocenters. The van der Waals surface area contributed by atoms with E-state index >= 15 is 0 Å². The van der Waals surface area contributed by atoms with Crippen molar-refractivity contribution in [1.82, 2.24) is 0 Å². The number of hydrogen-bond donors (Lipinski definition) is 2. The number of hydrogen-bond acceptors (Lipinski definition) is 30. The van der Waals surface area contributed by atoms with Crippen LogP contribution in [0.5, 0.6) is 0 Å². The van der Waals surface area contributed by atoms with Crippen molar-refractivity contribution in [3.63, 3.8) is 0 Å². The number of rotatable bonds is 56. The molecule has 0 spiro atoms. The fourth-order valence-electron chi connectivity index (χ4n) is 8.41. The van der Waals surface area contributed by atoms with Crippen LogP contribution in [0.1, 0.15) is 26.7 Å². The van der Waals surface area contributed by atoms with Crippen LogP contribution < -0.4 is 0 Å². The lowest BCUT2D eigenvalue weighted by Gasteiger charge is -2.32. The fraction of sp³-hybridized carbons (Fsp3) is 1.00. The lowest BCUT2D eigenvalue weighted by Crippen LogP contribution is -2.44. The topological polar surface area (TPSA) is 345 Å². The first-order chi connectivity index (χ1) is 45.6. The summed E-state index contributed by atoms with van der Waals surface area (Å²) in [6, 6.07) is 0. The maximum atomic E-state index is 10.2. The molecule has 0 aliphatic carbocycles. The quantitative estimate of drug-likeness (QED) is 0.0672. The highest BCUT2D eigenvalue weighted by Gasteiger charge is 2.40. The van der Waals surface area contributed by atoms with E-state index in [1.165, 1.54) is 0 Å². The zero-order valence-electron chi connectivity index (χ0n) is 54.8. The van der Waals surface area contributed by atoms with Crippen LogP contribution in [-0.2, 0) is 133 Å². The molecule has 30 heteroatoms. The smallest absolute Gasteiger partial charge is 0.114 e. The number of epoxide rings is 14. The minimum absolute atomic E-state index is 0.0355. The van der Waals surface area contributed by atoms with Crippen LogP contribution in [0, 0.1) is 5.41 Å². The molecule has 0 bridgehead atoms.